The molecule has 3 fully saturated rings. The second-order valence-corrected chi connectivity index (χ2v) is 8.35. The van der Waals surface area contributed by atoms with Crippen molar-refractivity contribution in [3.05, 3.63) is 12.4 Å². The number of aromatic nitrogens is 2. The summed E-state index contributed by atoms with van der Waals surface area (Å²) in [5.74, 6) is 2.90. The molecule has 2 aliphatic heterocycles. The van der Waals surface area contributed by atoms with Gasteiger partial charge in [-0.25, -0.2) is 9.97 Å². The maximum Gasteiger partial charge on any atom is 0.219 e. The number of rotatable bonds is 6. The van der Waals surface area contributed by atoms with Crippen LogP contribution in [0.2, 0.25) is 0 Å². The van der Waals surface area contributed by atoms with Gasteiger partial charge in [-0.05, 0) is 37.0 Å². The molecule has 3 heterocycles. The summed E-state index contributed by atoms with van der Waals surface area (Å²) in [7, 11) is 1.62. The summed E-state index contributed by atoms with van der Waals surface area (Å²) in [4.78, 5) is 24.8. The van der Waals surface area contributed by atoms with Crippen molar-refractivity contribution in [2.24, 2.45) is 17.3 Å². The predicted molar refractivity (Wildman–Crippen MR) is 102 cm³/mol. The minimum Gasteiger partial charge on any atom is -0.481 e. The molecule has 7 heteroatoms. The van der Waals surface area contributed by atoms with E-state index in [2.05, 4.69) is 14.9 Å². The highest BCUT2D eigenvalue weighted by Gasteiger charge is 2.49. The maximum atomic E-state index is 12.0. The predicted octanol–water partition coefficient (Wildman–Crippen LogP) is 1.98. The van der Waals surface area contributed by atoms with Crippen molar-refractivity contribution in [3.8, 4) is 5.88 Å². The lowest BCUT2D eigenvalue weighted by atomic mass is 9.71. The maximum absolute atomic E-state index is 12.0. The smallest absolute Gasteiger partial charge is 0.219 e. The van der Waals surface area contributed by atoms with Crippen LogP contribution >= 0.6 is 0 Å². The Morgan fingerprint density at radius 3 is 2.70 bits per heavy atom. The minimum absolute atomic E-state index is 0.169. The first-order chi connectivity index (χ1) is 13.1. The van der Waals surface area contributed by atoms with E-state index in [1.807, 2.05) is 11.0 Å². The van der Waals surface area contributed by atoms with E-state index in [0.717, 1.165) is 64.0 Å². The summed E-state index contributed by atoms with van der Waals surface area (Å²) >= 11 is 0. The second-order valence-electron chi connectivity index (χ2n) is 8.35. The number of hydrogen-bond acceptors (Lipinski definition) is 6. The van der Waals surface area contributed by atoms with Gasteiger partial charge in [-0.1, -0.05) is 0 Å². The van der Waals surface area contributed by atoms with Crippen molar-refractivity contribution in [2.45, 2.75) is 32.6 Å². The molecule has 0 bridgehead atoms. The lowest BCUT2D eigenvalue weighted by Crippen LogP contribution is -2.45. The van der Waals surface area contributed by atoms with E-state index in [4.69, 9.17) is 9.47 Å². The average Bonchev–Trinajstić information content (AvgIpc) is 3.45. The largest absolute Gasteiger partial charge is 0.481 e. The monoisotopic (exact) mass is 374 g/mol. The summed E-state index contributed by atoms with van der Waals surface area (Å²) in [5.41, 5.74) is 0.169. The molecule has 1 aliphatic carbocycles. The highest BCUT2D eigenvalue weighted by Crippen LogP contribution is 2.45. The molecule has 1 amide bonds. The fourth-order valence-corrected chi connectivity index (χ4v) is 4.53. The molecule has 3 aliphatic rings. The number of piperidine rings is 1. The first-order valence-electron chi connectivity index (χ1n) is 10.0. The first-order valence-corrected chi connectivity index (χ1v) is 10.0. The first kappa shape index (κ1) is 18.5. The molecule has 1 saturated carbocycles. The highest BCUT2D eigenvalue weighted by molar-refractivity contribution is 5.73. The molecule has 1 aromatic heterocycles. The van der Waals surface area contributed by atoms with E-state index >= 15 is 0 Å². The summed E-state index contributed by atoms with van der Waals surface area (Å²) < 4.78 is 11.3. The summed E-state index contributed by atoms with van der Waals surface area (Å²) in [5, 5.41) is 0. The molecule has 1 atom stereocenters. The van der Waals surface area contributed by atoms with Crippen molar-refractivity contribution in [1.82, 2.24) is 14.9 Å². The van der Waals surface area contributed by atoms with Crippen LogP contribution in [-0.2, 0) is 9.53 Å². The van der Waals surface area contributed by atoms with Crippen molar-refractivity contribution < 1.29 is 14.3 Å². The van der Waals surface area contributed by atoms with Gasteiger partial charge in [0.2, 0.25) is 11.8 Å². The van der Waals surface area contributed by atoms with Gasteiger partial charge < -0.3 is 19.3 Å². The van der Waals surface area contributed by atoms with E-state index in [9.17, 15) is 4.79 Å². The van der Waals surface area contributed by atoms with Crippen LogP contribution in [0.5, 0.6) is 5.88 Å². The van der Waals surface area contributed by atoms with Gasteiger partial charge in [0.1, 0.15) is 12.1 Å². The molecule has 1 aromatic rings. The van der Waals surface area contributed by atoms with Crippen molar-refractivity contribution in [1.29, 1.82) is 0 Å². The quantitative estimate of drug-likeness (QED) is 0.758. The number of amides is 1. The Labute approximate surface area is 161 Å². The molecule has 1 unspecified atom stereocenters. The number of hydrogen-bond donors (Lipinski definition) is 0. The third kappa shape index (κ3) is 4.03. The fraction of sp³-hybridized carbons (Fsp3) is 0.750. The van der Waals surface area contributed by atoms with Crippen LogP contribution in [0.4, 0.5) is 5.82 Å². The number of nitrogens with zero attached hydrogens (tertiary/aromatic N) is 4. The van der Waals surface area contributed by atoms with Gasteiger partial charge in [0.25, 0.3) is 0 Å². The van der Waals surface area contributed by atoms with Crippen LogP contribution in [0, 0.1) is 17.3 Å². The third-order valence-corrected chi connectivity index (χ3v) is 6.55. The van der Waals surface area contributed by atoms with E-state index in [1.54, 1.807) is 20.4 Å². The Balaban J connectivity index is 1.41. The fourth-order valence-electron chi connectivity index (χ4n) is 4.53. The van der Waals surface area contributed by atoms with Crippen LogP contribution in [0.3, 0.4) is 0 Å². The number of likely N-dealkylation sites (tertiary alicyclic amines) is 1. The molecule has 1 spiro atoms. The Kier molecular flexibility index (Phi) is 5.21. The summed E-state index contributed by atoms with van der Waals surface area (Å²) in [6.07, 6.45) is 6.29. The number of carbonyl (C=O) groups is 1. The van der Waals surface area contributed by atoms with Crippen molar-refractivity contribution >= 4 is 11.7 Å². The summed E-state index contributed by atoms with van der Waals surface area (Å²) in [6.45, 7) is 6.92. The molecule has 4 rings (SSSR count). The number of carbonyl (C=O) groups excluding carboxylic acids is 1. The normalized spacial score (nSPS) is 24.4. The Morgan fingerprint density at radius 2 is 2.04 bits per heavy atom. The van der Waals surface area contributed by atoms with E-state index in [-0.39, 0.29) is 11.3 Å². The second kappa shape index (κ2) is 7.62. The Morgan fingerprint density at radius 1 is 1.26 bits per heavy atom. The Hall–Kier alpha value is -1.89. The van der Waals surface area contributed by atoms with Gasteiger partial charge in [0, 0.05) is 51.7 Å². The molecule has 148 valence electrons. The molecule has 27 heavy (non-hydrogen) atoms. The van der Waals surface area contributed by atoms with Gasteiger partial charge in [-0.3, -0.25) is 4.79 Å². The lowest BCUT2D eigenvalue weighted by molar-refractivity contribution is -0.128. The topological polar surface area (TPSA) is 67.8 Å². The van der Waals surface area contributed by atoms with Crippen LogP contribution in [0.15, 0.2) is 12.4 Å². The molecule has 7 nitrogen and oxygen atoms in total. The molecule has 2 saturated heterocycles. The third-order valence-electron chi connectivity index (χ3n) is 6.55. The minimum atomic E-state index is 0.169. The number of ether oxygens (including phenoxy) is 2. The van der Waals surface area contributed by atoms with Gasteiger partial charge in [-0.2, -0.15) is 0 Å². The molecular weight excluding hydrogens is 344 g/mol. The van der Waals surface area contributed by atoms with Gasteiger partial charge in [0.05, 0.1) is 13.7 Å². The lowest BCUT2D eigenvalue weighted by Gasteiger charge is -2.42. The van der Waals surface area contributed by atoms with E-state index in [1.165, 1.54) is 12.8 Å². The van der Waals surface area contributed by atoms with Gasteiger partial charge in [-0.15, -0.1) is 0 Å². The molecule has 0 N–H and O–H groups in total. The molecule has 0 radical (unpaired) electrons. The van der Waals surface area contributed by atoms with Gasteiger partial charge >= 0.3 is 0 Å². The molecule has 0 aromatic carbocycles. The Bertz CT molecular complexity index is 671. The van der Waals surface area contributed by atoms with Gasteiger partial charge in [0.15, 0.2) is 0 Å². The average molecular weight is 374 g/mol. The highest BCUT2D eigenvalue weighted by atomic mass is 16.5. The standard InChI is InChI=1S/C20H30N4O3/c1-15(25)24-10-17(12-27-11-16-3-4-16)20(13-24)5-7-23(8-6-20)18-9-19(26-2)22-14-21-18/h9,14,16-17H,3-8,10-13H2,1-2H3. The number of anilines is 1. The van der Waals surface area contributed by atoms with Crippen LogP contribution in [0.1, 0.15) is 32.6 Å². The van der Waals surface area contributed by atoms with Crippen molar-refractivity contribution in [2.75, 3.05) is 51.4 Å². The zero-order valence-corrected chi connectivity index (χ0v) is 16.4. The zero-order valence-electron chi connectivity index (χ0n) is 16.4. The SMILES string of the molecule is COc1cc(N2CCC3(CC2)CN(C(C)=O)CC3COCC2CC2)ncn1. The van der Waals surface area contributed by atoms with Crippen LogP contribution < -0.4 is 9.64 Å². The molecular formula is C20H30N4O3. The van der Waals surface area contributed by atoms with E-state index in [0.29, 0.717) is 11.8 Å². The number of methoxy groups -OCH3 is 1. The zero-order chi connectivity index (χ0) is 18.9. The van der Waals surface area contributed by atoms with Crippen molar-refractivity contribution in [3.63, 3.8) is 0 Å². The van der Waals surface area contributed by atoms with Crippen LogP contribution in [-0.4, -0.2) is 67.3 Å². The summed E-state index contributed by atoms with van der Waals surface area (Å²) in [6, 6.07) is 1.89. The van der Waals surface area contributed by atoms with Crippen LogP contribution in [0.25, 0.3) is 0 Å². The van der Waals surface area contributed by atoms with E-state index < -0.39 is 0 Å².